The lowest BCUT2D eigenvalue weighted by molar-refractivity contribution is -0.121. The van der Waals surface area contributed by atoms with Crippen molar-refractivity contribution in [2.24, 2.45) is 0 Å². The summed E-state index contributed by atoms with van der Waals surface area (Å²) in [6.07, 6.45) is 1.11. The fraction of sp³-hybridized carbons (Fsp3) is 0.300. The molecule has 140 valence electrons. The van der Waals surface area contributed by atoms with Gasteiger partial charge in [-0.25, -0.2) is 9.36 Å². The molecular formula is C20H23N5O2. The Morgan fingerprint density at radius 3 is 2.56 bits per heavy atom. The fourth-order valence-corrected chi connectivity index (χ4v) is 2.86. The van der Waals surface area contributed by atoms with Crippen molar-refractivity contribution in [2.75, 3.05) is 6.54 Å². The maximum absolute atomic E-state index is 12.0. The number of benzene rings is 1. The van der Waals surface area contributed by atoms with Gasteiger partial charge >= 0.3 is 0 Å². The summed E-state index contributed by atoms with van der Waals surface area (Å²) in [5.74, 6) is 0.539. The van der Waals surface area contributed by atoms with Crippen LogP contribution in [0.4, 0.5) is 0 Å². The first-order valence-electron chi connectivity index (χ1n) is 8.95. The number of nitrogens with one attached hydrogen (secondary N) is 1. The van der Waals surface area contributed by atoms with Gasteiger partial charge in [0.15, 0.2) is 5.82 Å². The molecule has 2 heterocycles. The second-order valence-electron chi connectivity index (χ2n) is 6.43. The zero-order chi connectivity index (χ0) is 19.2. The van der Waals surface area contributed by atoms with Crippen LogP contribution < -0.4 is 10.9 Å². The van der Waals surface area contributed by atoms with Crippen molar-refractivity contribution in [3.05, 3.63) is 75.8 Å². The van der Waals surface area contributed by atoms with E-state index in [1.54, 1.807) is 10.7 Å². The molecule has 0 saturated carbocycles. The third-order valence-corrected chi connectivity index (χ3v) is 4.21. The molecule has 7 nitrogen and oxygen atoms in total. The molecule has 7 heteroatoms. The number of carbonyl (C=O) groups excluding carboxylic acids is 1. The first kappa shape index (κ1) is 18.6. The molecule has 1 N–H and O–H groups in total. The van der Waals surface area contributed by atoms with Crippen LogP contribution in [0.1, 0.15) is 23.4 Å². The summed E-state index contributed by atoms with van der Waals surface area (Å²) in [6.45, 7) is 4.50. The minimum atomic E-state index is -0.209. The molecule has 0 aliphatic rings. The van der Waals surface area contributed by atoms with E-state index >= 15 is 0 Å². The van der Waals surface area contributed by atoms with Crippen LogP contribution in [-0.4, -0.2) is 32.0 Å². The highest BCUT2D eigenvalue weighted by Gasteiger charge is 2.08. The number of hydrogen-bond donors (Lipinski definition) is 1. The SMILES string of the molecule is Cc1cc(C)n(-c2ccc(=O)n(CCNC(=O)CCc3ccccc3)n2)n1. The van der Waals surface area contributed by atoms with Crippen LogP contribution in [0.3, 0.4) is 0 Å². The molecule has 0 radical (unpaired) electrons. The van der Waals surface area contributed by atoms with E-state index in [4.69, 9.17) is 0 Å². The summed E-state index contributed by atoms with van der Waals surface area (Å²) in [4.78, 5) is 24.0. The van der Waals surface area contributed by atoms with Crippen LogP contribution in [0.25, 0.3) is 5.82 Å². The van der Waals surface area contributed by atoms with E-state index in [2.05, 4.69) is 15.5 Å². The Hall–Kier alpha value is -3.22. The lowest BCUT2D eigenvalue weighted by atomic mass is 10.1. The summed E-state index contributed by atoms with van der Waals surface area (Å²) in [7, 11) is 0. The summed E-state index contributed by atoms with van der Waals surface area (Å²) in [6, 6.07) is 14.9. The van der Waals surface area contributed by atoms with Crippen molar-refractivity contribution in [3.8, 4) is 5.82 Å². The van der Waals surface area contributed by atoms with Gasteiger partial charge in [-0.1, -0.05) is 30.3 Å². The van der Waals surface area contributed by atoms with Gasteiger partial charge in [0.1, 0.15) is 0 Å². The van der Waals surface area contributed by atoms with E-state index in [0.717, 1.165) is 17.0 Å². The van der Waals surface area contributed by atoms with Crippen molar-refractivity contribution in [1.82, 2.24) is 24.9 Å². The van der Waals surface area contributed by atoms with E-state index in [1.165, 1.54) is 10.7 Å². The molecule has 0 bridgehead atoms. The molecule has 3 rings (SSSR count). The van der Waals surface area contributed by atoms with E-state index in [9.17, 15) is 9.59 Å². The Labute approximate surface area is 157 Å². The van der Waals surface area contributed by atoms with Crippen molar-refractivity contribution >= 4 is 5.91 Å². The molecule has 3 aromatic rings. The lowest BCUT2D eigenvalue weighted by Crippen LogP contribution is -2.32. The maximum atomic E-state index is 12.0. The minimum Gasteiger partial charge on any atom is -0.354 e. The van der Waals surface area contributed by atoms with Gasteiger partial charge in [-0.15, -0.1) is 5.10 Å². The standard InChI is InChI=1S/C20H23N5O2/c1-15-14-16(2)25(22-15)18-9-11-20(27)24(23-18)13-12-21-19(26)10-8-17-6-4-3-5-7-17/h3-7,9,11,14H,8,10,12-13H2,1-2H3,(H,21,26). The maximum Gasteiger partial charge on any atom is 0.266 e. The van der Waals surface area contributed by atoms with E-state index < -0.39 is 0 Å². The Morgan fingerprint density at radius 1 is 1.07 bits per heavy atom. The van der Waals surface area contributed by atoms with Crippen LogP contribution in [0.15, 0.2) is 53.3 Å². The highest BCUT2D eigenvalue weighted by Crippen LogP contribution is 2.07. The van der Waals surface area contributed by atoms with Gasteiger partial charge in [0, 0.05) is 24.7 Å². The molecule has 1 amide bonds. The molecule has 2 aromatic heterocycles. The Kier molecular flexibility index (Phi) is 5.80. The van der Waals surface area contributed by atoms with Gasteiger partial charge in [0.25, 0.3) is 5.56 Å². The highest BCUT2D eigenvalue weighted by atomic mass is 16.1. The average Bonchev–Trinajstić information content (AvgIpc) is 3.00. The third kappa shape index (κ3) is 4.91. The van der Waals surface area contributed by atoms with E-state index in [0.29, 0.717) is 31.7 Å². The molecule has 27 heavy (non-hydrogen) atoms. The van der Waals surface area contributed by atoms with Crippen LogP contribution in [-0.2, 0) is 17.8 Å². The number of hydrogen-bond acceptors (Lipinski definition) is 4. The monoisotopic (exact) mass is 365 g/mol. The van der Waals surface area contributed by atoms with Gasteiger partial charge in [-0.3, -0.25) is 9.59 Å². The quantitative estimate of drug-likeness (QED) is 0.692. The summed E-state index contributed by atoms with van der Waals surface area (Å²) < 4.78 is 3.05. The third-order valence-electron chi connectivity index (χ3n) is 4.21. The predicted molar refractivity (Wildman–Crippen MR) is 103 cm³/mol. The zero-order valence-electron chi connectivity index (χ0n) is 15.6. The van der Waals surface area contributed by atoms with Crippen molar-refractivity contribution in [2.45, 2.75) is 33.2 Å². The van der Waals surface area contributed by atoms with Gasteiger partial charge in [0.05, 0.1) is 12.2 Å². The van der Waals surface area contributed by atoms with E-state index in [-0.39, 0.29) is 11.5 Å². The molecule has 0 aliphatic heterocycles. The molecule has 1 aromatic carbocycles. The normalized spacial score (nSPS) is 10.7. The van der Waals surface area contributed by atoms with Crippen LogP contribution >= 0.6 is 0 Å². The lowest BCUT2D eigenvalue weighted by Gasteiger charge is -2.09. The van der Waals surface area contributed by atoms with Crippen LogP contribution in [0, 0.1) is 13.8 Å². The highest BCUT2D eigenvalue weighted by molar-refractivity contribution is 5.76. The van der Waals surface area contributed by atoms with Crippen molar-refractivity contribution < 1.29 is 4.79 Å². The van der Waals surface area contributed by atoms with Crippen LogP contribution in [0.2, 0.25) is 0 Å². The fourth-order valence-electron chi connectivity index (χ4n) is 2.86. The predicted octanol–water partition coefficient (Wildman–Crippen LogP) is 1.79. The molecule has 0 saturated heterocycles. The number of nitrogens with zero attached hydrogens (tertiary/aromatic N) is 4. The average molecular weight is 365 g/mol. The number of carbonyl (C=O) groups is 1. The largest absolute Gasteiger partial charge is 0.354 e. The molecule has 0 fully saturated rings. The Bertz CT molecular complexity index is 976. The van der Waals surface area contributed by atoms with E-state index in [1.807, 2.05) is 50.2 Å². The van der Waals surface area contributed by atoms with Gasteiger partial charge in [-0.05, 0) is 38.0 Å². The number of amides is 1. The molecule has 0 unspecified atom stereocenters. The van der Waals surface area contributed by atoms with Gasteiger partial charge in [0.2, 0.25) is 5.91 Å². The van der Waals surface area contributed by atoms with Crippen molar-refractivity contribution in [1.29, 1.82) is 0 Å². The second kappa shape index (κ2) is 8.44. The first-order chi connectivity index (χ1) is 13.0. The summed E-state index contributed by atoms with van der Waals surface area (Å²) in [5, 5.41) is 11.6. The second-order valence-corrected chi connectivity index (χ2v) is 6.43. The zero-order valence-corrected chi connectivity index (χ0v) is 15.6. The molecular weight excluding hydrogens is 342 g/mol. The molecule has 0 atom stereocenters. The Morgan fingerprint density at radius 2 is 1.85 bits per heavy atom. The summed E-state index contributed by atoms with van der Waals surface area (Å²) >= 11 is 0. The minimum absolute atomic E-state index is 0.0402. The number of aromatic nitrogens is 4. The number of aryl methyl sites for hydroxylation is 3. The van der Waals surface area contributed by atoms with Crippen LogP contribution in [0.5, 0.6) is 0 Å². The van der Waals surface area contributed by atoms with Gasteiger partial charge in [-0.2, -0.15) is 5.10 Å². The molecule has 0 aliphatic carbocycles. The van der Waals surface area contributed by atoms with Gasteiger partial charge < -0.3 is 5.32 Å². The molecule has 0 spiro atoms. The first-order valence-corrected chi connectivity index (χ1v) is 8.95. The Balaban J connectivity index is 1.56. The number of rotatable bonds is 7. The topological polar surface area (TPSA) is 81.8 Å². The smallest absolute Gasteiger partial charge is 0.266 e. The summed E-state index contributed by atoms with van der Waals surface area (Å²) in [5.41, 5.74) is 2.75. The van der Waals surface area contributed by atoms with Crippen molar-refractivity contribution in [3.63, 3.8) is 0 Å².